The summed E-state index contributed by atoms with van der Waals surface area (Å²) in [6.07, 6.45) is 1.46. The van der Waals surface area contributed by atoms with E-state index in [1.165, 1.54) is 0 Å². The summed E-state index contributed by atoms with van der Waals surface area (Å²) in [6.45, 7) is 1.73. The van der Waals surface area contributed by atoms with Crippen LogP contribution in [0.5, 0.6) is 0 Å². The number of fused-ring (bicyclic) bond motifs is 1. The van der Waals surface area contributed by atoms with Crippen LogP contribution in [0.1, 0.15) is 12.2 Å². The van der Waals surface area contributed by atoms with Crippen molar-refractivity contribution in [3.05, 3.63) is 16.3 Å². The van der Waals surface area contributed by atoms with E-state index in [0.717, 1.165) is 6.42 Å². The molecule has 1 amide bonds. The lowest BCUT2D eigenvalue weighted by molar-refractivity contribution is -0.127. The largest absolute Gasteiger partial charge is 0.380 e. The van der Waals surface area contributed by atoms with E-state index in [4.69, 9.17) is 4.74 Å². The first-order valence-corrected chi connectivity index (χ1v) is 5.70. The zero-order valence-corrected chi connectivity index (χ0v) is 9.28. The summed E-state index contributed by atoms with van der Waals surface area (Å²) < 4.78 is 5.27. The molecule has 7 nitrogen and oxygen atoms in total. The van der Waals surface area contributed by atoms with E-state index in [1.807, 2.05) is 0 Å². The van der Waals surface area contributed by atoms with Crippen LogP contribution in [0.15, 0.2) is 4.79 Å². The number of nitrogens with one attached hydrogen (secondary N) is 3. The van der Waals surface area contributed by atoms with Crippen LogP contribution >= 0.6 is 0 Å². The van der Waals surface area contributed by atoms with Gasteiger partial charge in [0.2, 0.25) is 5.91 Å². The number of carbonyl (C=O) groups excluding carboxylic acids is 1. The van der Waals surface area contributed by atoms with Crippen LogP contribution in [0, 0.1) is 11.3 Å². The molecular formula is C10H14N4O3. The van der Waals surface area contributed by atoms with Crippen LogP contribution in [0.3, 0.4) is 0 Å². The number of aromatic nitrogens is 3. The van der Waals surface area contributed by atoms with Gasteiger partial charge in [-0.15, -0.1) is 0 Å². The Kier molecular flexibility index (Phi) is 2.29. The quantitative estimate of drug-likeness (QED) is 0.613. The SMILES string of the molecule is O=C(NCCc1n[nH]c(=O)[nH]1)[C@@]12COC[C@@H]1C2. The Morgan fingerprint density at radius 2 is 2.53 bits per heavy atom. The third-order valence-corrected chi connectivity index (χ3v) is 3.56. The van der Waals surface area contributed by atoms with Gasteiger partial charge in [0.1, 0.15) is 5.82 Å². The molecule has 0 unspecified atom stereocenters. The second kappa shape index (κ2) is 3.69. The van der Waals surface area contributed by atoms with Gasteiger partial charge in [-0.1, -0.05) is 0 Å². The van der Waals surface area contributed by atoms with Crippen molar-refractivity contribution >= 4 is 5.91 Å². The van der Waals surface area contributed by atoms with Crippen molar-refractivity contribution in [1.82, 2.24) is 20.5 Å². The van der Waals surface area contributed by atoms with E-state index in [0.29, 0.717) is 37.9 Å². The minimum Gasteiger partial charge on any atom is -0.380 e. The number of hydrogen-bond donors (Lipinski definition) is 3. The molecule has 2 heterocycles. The first-order valence-electron chi connectivity index (χ1n) is 5.70. The van der Waals surface area contributed by atoms with Crippen LogP contribution in [0.25, 0.3) is 0 Å². The first-order chi connectivity index (χ1) is 8.21. The Hall–Kier alpha value is -1.63. The Bertz CT molecular complexity index is 494. The molecule has 17 heavy (non-hydrogen) atoms. The van der Waals surface area contributed by atoms with Crippen molar-refractivity contribution in [2.45, 2.75) is 12.8 Å². The van der Waals surface area contributed by atoms with Gasteiger partial charge in [-0.3, -0.25) is 9.78 Å². The van der Waals surface area contributed by atoms with Gasteiger partial charge in [-0.05, 0) is 6.42 Å². The summed E-state index contributed by atoms with van der Waals surface area (Å²) in [7, 11) is 0. The number of aromatic amines is 2. The topological polar surface area (TPSA) is 99.9 Å². The molecule has 1 aromatic rings. The minimum atomic E-state index is -0.323. The van der Waals surface area contributed by atoms with Gasteiger partial charge in [-0.2, -0.15) is 5.10 Å². The molecule has 0 bridgehead atoms. The third-order valence-electron chi connectivity index (χ3n) is 3.56. The Balaban J connectivity index is 1.49. The molecular weight excluding hydrogens is 224 g/mol. The van der Waals surface area contributed by atoms with E-state index < -0.39 is 0 Å². The average Bonchev–Trinajstić information content (AvgIpc) is 2.68. The molecule has 3 N–H and O–H groups in total. The lowest BCUT2D eigenvalue weighted by Crippen LogP contribution is -2.35. The smallest absolute Gasteiger partial charge is 0.340 e. The van der Waals surface area contributed by atoms with Gasteiger partial charge in [0.05, 0.1) is 18.6 Å². The maximum Gasteiger partial charge on any atom is 0.340 e. The molecule has 2 fully saturated rings. The number of H-pyrrole nitrogens is 2. The van der Waals surface area contributed by atoms with Gasteiger partial charge in [0.15, 0.2) is 0 Å². The molecule has 0 aromatic carbocycles. The normalized spacial score (nSPS) is 30.0. The molecule has 92 valence electrons. The standard InChI is InChI=1S/C10H14N4O3/c15-8(10-3-6(10)4-17-5-10)11-2-1-7-12-9(16)14-13-7/h6H,1-5H2,(H,11,15)(H2,12,13,14,16)/t6-,10-/m0/s1. The summed E-state index contributed by atoms with van der Waals surface area (Å²) >= 11 is 0. The minimum absolute atomic E-state index is 0.0675. The number of hydrogen-bond acceptors (Lipinski definition) is 4. The van der Waals surface area contributed by atoms with Crippen LogP contribution in [-0.4, -0.2) is 40.8 Å². The fourth-order valence-corrected chi connectivity index (χ4v) is 2.40. The molecule has 2 atom stereocenters. The van der Waals surface area contributed by atoms with Crippen molar-refractivity contribution in [2.24, 2.45) is 11.3 Å². The molecule has 1 aromatic heterocycles. The highest BCUT2D eigenvalue weighted by Crippen LogP contribution is 2.56. The van der Waals surface area contributed by atoms with Crippen LogP contribution in [-0.2, 0) is 16.0 Å². The zero-order chi connectivity index (χ0) is 11.9. The van der Waals surface area contributed by atoms with Gasteiger partial charge >= 0.3 is 5.69 Å². The highest BCUT2D eigenvalue weighted by molar-refractivity contribution is 5.86. The maximum absolute atomic E-state index is 11.9. The van der Waals surface area contributed by atoms with E-state index in [1.54, 1.807) is 0 Å². The van der Waals surface area contributed by atoms with E-state index in [2.05, 4.69) is 20.5 Å². The maximum atomic E-state index is 11.9. The van der Waals surface area contributed by atoms with Crippen molar-refractivity contribution in [3.63, 3.8) is 0 Å². The third kappa shape index (κ3) is 1.76. The fraction of sp³-hybridized carbons (Fsp3) is 0.700. The number of carbonyl (C=O) groups is 1. The predicted molar refractivity (Wildman–Crippen MR) is 57.3 cm³/mol. The fourth-order valence-electron chi connectivity index (χ4n) is 2.40. The van der Waals surface area contributed by atoms with E-state index in [9.17, 15) is 9.59 Å². The molecule has 0 spiro atoms. The Morgan fingerprint density at radius 3 is 3.12 bits per heavy atom. The van der Waals surface area contributed by atoms with Crippen molar-refractivity contribution in [1.29, 1.82) is 0 Å². The predicted octanol–water partition coefficient (Wildman–Crippen LogP) is -1.21. The molecule has 7 heteroatoms. The second-order valence-corrected chi connectivity index (χ2v) is 4.70. The van der Waals surface area contributed by atoms with Crippen LogP contribution < -0.4 is 11.0 Å². The molecule has 1 aliphatic carbocycles. The number of rotatable bonds is 4. The Morgan fingerprint density at radius 1 is 1.65 bits per heavy atom. The summed E-state index contributed by atoms with van der Waals surface area (Å²) in [5, 5.41) is 8.92. The molecule has 1 saturated carbocycles. The number of ether oxygens (including phenoxy) is 1. The zero-order valence-electron chi connectivity index (χ0n) is 9.28. The summed E-state index contributed by atoms with van der Waals surface area (Å²) in [5.74, 6) is 1.04. The van der Waals surface area contributed by atoms with E-state index in [-0.39, 0.29) is 17.0 Å². The van der Waals surface area contributed by atoms with Crippen molar-refractivity contribution in [3.8, 4) is 0 Å². The van der Waals surface area contributed by atoms with Gasteiger partial charge in [0, 0.05) is 18.9 Å². The molecule has 2 aliphatic rings. The lowest BCUT2D eigenvalue weighted by Gasteiger charge is -2.10. The van der Waals surface area contributed by atoms with Gasteiger partial charge in [0.25, 0.3) is 0 Å². The van der Waals surface area contributed by atoms with E-state index >= 15 is 0 Å². The monoisotopic (exact) mass is 238 g/mol. The summed E-state index contributed by atoms with van der Waals surface area (Å²) in [4.78, 5) is 25.2. The van der Waals surface area contributed by atoms with Crippen LogP contribution in [0.4, 0.5) is 0 Å². The average molecular weight is 238 g/mol. The molecule has 0 radical (unpaired) electrons. The summed E-state index contributed by atoms with van der Waals surface area (Å²) in [5.41, 5.74) is -0.574. The van der Waals surface area contributed by atoms with Gasteiger partial charge < -0.3 is 10.1 Å². The van der Waals surface area contributed by atoms with Crippen molar-refractivity contribution < 1.29 is 9.53 Å². The summed E-state index contributed by atoms with van der Waals surface area (Å²) in [6, 6.07) is 0. The molecule has 1 aliphatic heterocycles. The first kappa shape index (κ1) is 10.5. The lowest BCUT2D eigenvalue weighted by atomic mass is 10.1. The molecule has 1 saturated heterocycles. The second-order valence-electron chi connectivity index (χ2n) is 4.70. The number of amides is 1. The van der Waals surface area contributed by atoms with Gasteiger partial charge in [-0.25, -0.2) is 9.89 Å². The molecule has 3 rings (SSSR count). The highest BCUT2D eigenvalue weighted by atomic mass is 16.5. The van der Waals surface area contributed by atoms with Crippen molar-refractivity contribution in [2.75, 3.05) is 19.8 Å². The Labute approximate surface area is 96.9 Å². The number of nitrogens with zero attached hydrogens (tertiary/aromatic N) is 1. The highest BCUT2D eigenvalue weighted by Gasteiger charge is 2.63. The van der Waals surface area contributed by atoms with Crippen LogP contribution in [0.2, 0.25) is 0 Å².